The first kappa shape index (κ1) is 16.9. The van der Waals surface area contributed by atoms with Crippen molar-refractivity contribution in [1.82, 2.24) is 0 Å². The quantitative estimate of drug-likeness (QED) is 0.475. The van der Waals surface area contributed by atoms with Crippen molar-refractivity contribution in [3.8, 4) is 0 Å². The number of carbonyl (C=O) groups excluding carboxylic acids is 2. The number of anilines is 1. The molecular formula is C17H13ClN2O5. The summed E-state index contributed by atoms with van der Waals surface area (Å²) in [5.41, 5.74) is 1.63. The predicted molar refractivity (Wildman–Crippen MR) is 90.9 cm³/mol. The second-order valence-corrected chi connectivity index (χ2v) is 5.83. The molecule has 2 aromatic carbocycles. The maximum Gasteiger partial charge on any atom is 0.340 e. The summed E-state index contributed by atoms with van der Waals surface area (Å²) in [4.78, 5) is 36.0. The Hall–Kier alpha value is -2.93. The van der Waals surface area contributed by atoms with Gasteiger partial charge in [-0.15, -0.1) is 0 Å². The fourth-order valence-electron chi connectivity index (χ4n) is 2.66. The molecule has 7 nitrogen and oxygen atoms in total. The molecule has 0 unspecified atom stereocenters. The number of rotatable bonds is 4. The number of ether oxygens (including phenoxy) is 1. The van der Waals surface area contributed by atoms with Crippen LogP contribution in [0.3, 0.4) is 0 Å². The number of nitrogens with zero attached hydrogens (tertiary/aromatic N) is 2. The Bertz CT molecular complexity index is 868. The van der Waals surface area contributed by atoms with Crippen LogP contribution in [0.15, 0.2) is 42.5 Å². The highest BCUT2D eigenvalue weighted by molar-refractivity contribution is 6.33. The molecule has 0 N–H and O–H groups in total. The summed E-state index contributed by atoms with van der Waals surface area (Å²) in [5.74, 6) is -1.14. The number of carbonyl (C=O) groups is 2. The Kier molecular flexibility index (Phi) is 4.67. The van der Waals surface area contributed by atoms with Crippen LogP contribution in [0.25, 0.3) is 0 Å². The average Bonchev–Trinajstić information content (AvgIpc) is 3.03. The topological polar surface area (TPSA) is 89.8 Å². The normalized spacial score (nSPS) is 12.6. The second-order valence-electron chi connectivity index (χ2n) is 5.42. The highest BCUT2D eigenvalue weighted by Gasteiger charge is 2.25. The van der Waals surface area contributed by atoms with Crippen LogP contribution in [0, 0.1) is 10.1 Å². The number of para-hydroxylation sites is 1. The number of hydrogen-bond acceptors (Lipinski definition) is 5. The Balaban J connectivity index is 1.65. The molecule has 3 rings (SSSR count). The van der Waals surface area contributed by atoms with Gasteiger partial charge in [0.25, 0.3) is 11.6 Å². The second kappa shape index (κ2) is 6.90. The van der Waals surface area contributed by atoms with E-state index in [9.17, 15) is 19.7 Å². The molecule has 0 fully saturated rings. The lowest BCUT2D eigenvalue weighted by atomic mass is 10.2. The number of hydrogen-bond donors (Lipinski definition) is 0. The molecule has 1 heterocycles. The zero-order valence-corrected chi connectivity index (χ0v) is 13.7. The molecule has 0 saturated heterocycles. The van der Waals surface area contributed by atoms with Crippen molar-refractivity contribution in [3.05, 3.63) is 68.7 Å². The van der Waals surface area contributed by atoms with Gasteiger partial charge in [-0.3, -0.25) is 14.9 Å². The SMILES string of the molecule is O=C(OCC(=O)N1CCc2ccccc21)c1ccc([N+](=O)[O-])cc1Cl. The molecule has 2 aromatic rings. The summed E-state index contributed by atoms with van der Waals surface area (Å²) in [5, 5.41) is 10.6. The maximum atomic E-state index is 12.3. The van der Waals surface area contributed by atoms with Crippen LogP contribution in [-0.2, 0) is 16.0 Å². The molecule has 0 saturated carbocycles. The number of non-ortho nitro benzene ring substituents is 1. The van der Waals surface area contributed by atoms with E-state index in [1.807, 2.05) is 24.3 Å². The van der Waals surface area contributed by atoms with E-state index in [-0.39, 0.29) is 22.2 Å². The Labute approximate surface area is 147 Å². The third kappa shape index (κ3) is 3.46. The smallest absolute Gasteiger partial charge is 0.340 e. The molecule has 1 aliphatic heterocycles. The minimum Gasteiger partial charge on any atom is -0.452 e. The third-order valence-corrected chi connectivity index (χ3v) is 4.21. The monoisotopic (exact) mass is 360 g/mol. The van der Waals surface area contributed by atoms with Crippen molar-refractivity contribution in [2.24, 2.45) is 0 Å². The van der Waals surface area contributed by atoms with Gasteiger partial charge in [0.2, 0.25) is 0 Å². The standard InChI is InChI=1S/C17H13ClN2O5/c18-14-9-12(20(23)24)5-6-13(14)17(22)25-10-16(21)19-8-7-11-3-1-2-4-15(11)19/h1-6,9H,7-8,10H2. The Morgan fingerprint density at radius 2 is 2.00 bits per heavy atom. The first-order chi connectivity index (χ1) is 12.0. The first-order valence-electron chi connectivity index (χ1n) is 7.46. The van der Waals surface area contributed by atoms with Gasteiger partial charge in [-0.05, 0) is 24.1 Å². The van der Waals surface area contributed by atoms with E-state index < -0.39 is 17.5 Å². The number of amides is 1. The molecule has 0 atom stereocenters. The fourth-order valence-corrected chi connectivity index (χ4v) is 2.92. The molecule has 1 amide bonds. The number of nitro benzene ring substituents is 1. The molecule has 0 bridgehead atoms. The largest absolute Gasteiger partial charge is 0.452 e. The molecule has 0 aliphatic carbocycles. The van der Waals surface area contributed by atoms with Crippen LogP contribution in [0.5, 0.6) is 0 Å². The summed E-state index contributed by atoms with van der Waals surface area (Å²) in [7, 11) is 0. The van der Waals surface area contributed by atoms with E-state index in [0.717, 1.165) is 29.8 Å². The summed E-state index contributed by atoms with van der Waals surface area (Å²) in [6.45, 7) is 0.106. The lowest BCUT2D eigenvalue weighted by molar-refractivity contribution is -0.384. The van der Waals surface area contributed by atoms with Crippen molar-refractivity contribution < 1.29 is 19.2 Å². The number of benzene rings is 2. The minimum atomic E-state index is -0.805. The van der Waals surface area contributed by atoms with Crippen molar-refractivity contribution in [2.45, 2.75) is 6.42 Å². The number of esters is 1. The van der Waals surface area contributed by atoms with Crippen LogP contribution < -0.4 is 4.90 Å². The van der Waals surface area contributed by atoms with E-state index in [4.69, 9.17) is 16.3 Å². The lowest BCUT2D eigenvalue weighted by Crippen LogP contribution is -2.33. The van der Waals surface area contributed by atoms with Gasteiger partial charge in [0.05, 0.1) is 15.5 Å². The van der Waals surface area contributed by atoms with Crippen LogP contribution in [0.1, 0.15) is 15.9 Å². The van der Waals surface area contributed by atoms with Crippen molar-refractivity contribution in [1.29, 1.82) is 0 Å². The first-order valence-corrected chi connectivity index (χ1v) is 7.84. The van der Waals surface area contributed by atoms with E-state index in [0.29, 0.717) is 6.54 Å². The van der Waals surface area contributed by atoms with Crippen LogP contribution in [0.2, 0.25) is 5.02 Å². The molecule has 0 spiro atoms. The summed E-state index contributed by atoms with van der Waals surface area (Å²) >= 11 is 5.88. The molecule has 1 aliphatic rings. The zero-order valence-electron chi connectivity index (χ0n) is 13.0. The van der Waals surface area contributed by atoms with Gasteiger partial charge < -0.3 is 9.64 Å². The molecule has 0 radical (unpaired) electrons. The molecule has 0 aromatic heterocycles. The summed E-state index contributed by atoms with van der Waals surface area (Å²) < 4.78 is 5.01. The molecule has 128 valence electrons. The van der Waals surface area contributed by atoms with Gasteiger partial charge in [0.15, 0.2) is 6.61 Å². The average molecular weight is 361 g/mol. The maximum absolute atomic E-state index is 12.3. The summed E-state index contributed by atoms with van der Waals surface area (Å²) in [6, 6.07) is 11.0. The molecular weight excluding hydrogens is 348 g/mol. The molecule has 8 heteroatoms. The Morgan fingerprint density at radius 3 is 2.72 bits per heavy atom. The minimum absolute atomic E-state index is 0.0260. The molecule has 25 heavy (non-hydrogen) atoms. The van der Waals surface area contributed by atoms with Gasteiger partial charge in [-0.1, -0.05) is 29.8 Å². The fraction of sp³-hybridized carbons (Fsp3) is 0.176. The van der Waals surface area contributed by atoms with Crippen LogP contribution >= 0.6 is 11.6 Å². The number of halogens is 1. The van der Waals surface area contributed by atoms with Crippen molar-refractivity contribution in [3.63, 3.8) is 0 Å². The number of nitro groups is 1. The van der Waals surface area contributed by atoms with E-state index in [1.165, 1.54) is 6.07 Å². The van der Waals surface area contributed by atoms with Gasteiger partial charge >= 0.3 is 5.97 Å². The predicted octanol–water partition coefficient (Wildman–Crippen LogP) is 2.99. The van der Waals surface area contributed by atoms with E-state index in [2.05, 4.69) is 0 Å². The van der Waals surface area contributed by atoms with Gasteiger partial charge in [-0.25, -0.2) is 4.79 Å². The van der Waals surface area contributed by atoms with Crippen molar-refractivity contribution >= 4 is 34.9 Å². The van der Waals surface area contributed by atoms with Crippen LogP contribution in [-0.4, -0.2) is 30.0 Å². The zero-order chi connectivity index (χ0) is 18.0. The van der Waals surface area contributed by atoms with Crippen molar-refractivity contribution in [2.75, 3.05) is 18.1 Å². The number of fused-ring (bicyclic) bond motifs is 1. The summed E-state index contributed by atoms with van der Waals surface area (Å²) in [6.07, 6.45) is 0.754. The van der Waals surface area contributed by atoms with Gasteiger partial charge in [-0.2, -0.15) is 0 Å². The highest BCUT2D eigenvalue weighted by Crippen LogP contribution is 2.27. The van der Waals surface area contributed by atoms with E-state index in [1.54, 1.807) is 4.90 Å². The van der Waals surface area contributed by atoms with Crippen LogP contribution in [0.4, 0.5) is 11.4 Å². The van der Waals surface area contributed by atoms with E-state index >= 15 is 0 Å². The third-order valence-electron chi connectivity index (χ3n) is 3.90. The Morgan fingerprint density at radius 1 is 1.24 bits per heavy atom. The van der Waals surface area contributed by atoms with Gasteiger partial charge in [0.1, 0.15) is 0 Å². The lowest BCUT2D eigenvalue weighted by Gasteiger charge is -2.17. The highest BCUT2D eigenvalue weighted by atomic mass is 35.5. The van der Waals surface area contributed by atoms with Gasteiger partial charge in [0, 0.05) is 24.4 Å².